The quantitative estimate of drug-likeness (QED) is 0.774. The minimum atomic E-state index is -3.13. The zero-order chi connectivity index (χ0) is 12.3. The van der Waals surface area contributed by atoms with E-state index in [1.165, 1.54) is 6.26 Å². The average molecular weight is 242 g/mol. The van der Waals surface area contributed by atoms with E-state index < -0.39 is 21.1 Å². The van der Waals surface area contributed by atoms with Gasteiger partial charge in [-0.25, -0.2) is 8.42 Å². The van der Waals surface area contributed by atoms with E-state index in [0.29, 0.717) is 12.1 Å². The van der Waals surface area contributed by atoms with Crippen molar-refractivity contribution in [3.05, 3.63) is 29.8 Å². The Bertz CT molecular complexity index is 440. The molecule has 0 aliphatic rings. The lowest BCUT2D eigenvalue weighted by Gasteiger charge is -2.21. The van der Waals surface area contributed by atoms with Gasteiger partial charge in [0.1, 0.15) is 0 Å². The molecule has 0 aliphatic carbocycles. The molecule has 0 spiro atoms. The Balaban J connectivity index is 3.00. The van der Waals surface area contributed by atoms with Crippen molar-refractivity contribution in [1.29, 1.82) is 0 Å². The molecule has 0 aliphatic heterocycles. The van der Waals surface area contributed by atoms with E-state index in [4.69, 9.17) is 11.5 Å². The lowest BCUT2D eigenvalue weighted by Crippen LogP contribution is -2.32. The van der Waals surface area contributed by atoms with Crippen LogP contribution in [0.15, 0.2) is 24.3 Å². The van der Waals surface area contributed by atoms with Gasteiger partial charge in [-0.15, -0.1) is 0 Å². The fraction of sp³-hybridized carbons (Fsp3) is 0.455. The lowest BCUT2D eigenvalue weighted by atomic mass is 10.0. The molecule has 5 heteroatoms. The molecule has 0 saturated heterocycles. The highest BCUT2D eigenvalue weighted by molar-refractivity contribution is 7.91. The number of anilines is 1. The van der Waals surface area contributed by atoms with Crippen LogP contribution in [0.4, 0.5) is 5.69 Å². The van der Waals surface area contributed by atoms with Crippen LogP contribution in [0, 0.1) is 0 Å². The summed E-state index contributed by atoms with van der Waals surface area (Å²) in [4.78, 5) is 0. The topological polar surface area (TPSA) is 86.2 Å². The van der Waals surface area contributed by atoms with Crippen LogP contribution in [0.2, 0.25) is 0 Å². The summed E-state index contributed by atoms with van der Waals surface area (Å²) in [5, 5.41) is -0.545. The monoisotopic (exact) mass is 242 g/mol. The van der Waals surface area contributed by atoms with Gasteiger partial charge in [0.2, 0.25) is 0 Å². The number of rotatable bonds is 4. The van der Waals surface area contributed by atoms with Crippen molar-refractivity contribution in [3.8, 4) is 0 Å². The van der Waals surface area contributed by atoms with Gasteiger partial charge in [-0.3, -0.25) is 0 Å². The molecule has 1 rings (SSSR count). The second-order valence-electron chi connectivity index (χ2n) is 3.97. The summed E-state index contributed by atoms with van der Waals surface area (Å²) >= 11 is 0. The summed E-state index contributed by atoms with van der Waals surface area (Å²) in [6.07, 6.45) is 1.72. The van der Waals surface area contributed by atoms with Crippen molar-refractivity contribution in [2.45, 2.75) is 24.6 Å². The van der Waals surface area contributed by atoms with E-state index in [9.17, 15) is 8.42 Å². The molecule has 90 valence electrons. The van der Waals surface area contributed by atoms with Crippen LogP contribution < -0.4 is 11.5 Å². The van der Waals surface area contributed by atoms with Gasteiger partial charge in [-0.05, 0) is 24.1 Å². The smallest absolute Gasteiger partial charge is 0.152 e. The highest BCUT2D eigenvalue weighted by Gasteiger charge is 2.26. The first-order chi connectivity index (χ1) is 7.36. The summed E-state index contributed by atoms with van der Waals surface area (Å²) in [6, 6.07) is 6.50. The minimum Gasteiger partial charge on any atom is -0.399 e. The predicted octanol–water partition coefficient (Wildman–Crippen LogP) is 1.09. The zero-order valence-electron chi connectivity index (χ0n) is 9.55. The molecule has 4 N–H and O–H groups in total. The first kappa shape index (κ1) is 13.0. The molecule has 0 unspecified atom stereocenters. The number of hydrogen-bond acceptors (Lipinski definition) is 4. The molecule has 0 saturated carbocycles. The van der Waals surface area contributed by atoms with Crippen molar-refractivity contribution in [3.63, 3.8) is 0 Å². The maximum absolute atomic E-state index is 11.5. The molecule has 0 aromatic heterocycles. The van der Waals surface area contributed by atoms with Gasteiger partial charge >= 0.3 is 0 Å². The molecule has 0 fully saturated rings. The van der Waals surface area contributed by atoms with E-state index in [-0.39, 0.29) is 0 Å². The summed E-state index contributed by atoms with van der Waals surface area (Å²) in [7, 11) is -3.13. The van der Waals surface area contributed by atoms with Crippen molar-refractivity contribution < 1.29 is 8.42 Å². The first-order valence-electron chi connectivity index (χ1n) is 5.16. The van der Waals surface area contributed by atoms with Gasteiger partial charge < -0.3 is 11.5 Å². The second-order valence-corrected chi connectivity index (χ2v) is 6.23. The molecular weight excluding hydrogens is 224 g/mol. The average Bonchev–Trinajstić information content (AvgIpc) is 2.17. The molecule has 2 atom stereocenters. The van der Waals surface area contributed by atoms with E-state index in [1.807, 2.05) is 6.92 Å². The van der Waals surface area contributed by atoms with Crippen LogP contribution in [0.3, 0.4) is 0 Å². The Morgan fingerprint density at radius 2 is 1.75 bits per heavy atom. The number of benzene rings is 1. The molecule has 1 aromatic rings. The summed E-state index contributed by atoms with van der Waals surface area (Å²) in [6.45, 7) is 1.82. The Labute approximate surface area is 96.6 Å². The number of hydrogen-bond donors (Lipinski definition) is 2. The zero-order valence-corrected chi connectivity index (χ0v) is 10.4. The fourth-order valence-corrected chi connectivity index (χ4v) is 3.05. The Kier molecular flexibility index (Phi) is 3.93. The molecule has 0 heterocycles. The molecule has 4 nitrogen and oxygen atoms in total. The fourth-order valence-electron chi connectivity index (χ4n) is 1.76. The third kappa shape index (κ3) is 2.96. The van der Waals surface area contributed by atoms with Crippen molar-refractivity contribution in [2.24, 2.45) is 5.73 Å². The number of sulfone groups is 1. The molecule has 16 heavy (non-hydrogen) atoms. The van der Waals surface area contributed by atoms with Crippen LogP contribution in [0.1, 0.15) is 24.9 Å². The maximum Gasteiger partial charge on any atom is 0.152 e. The van der Waals surface area contributed by atoms with Crippen LogP contribution in [0.25, 0.3) is 0 Å². The van der Waals surface area contributed by atoms with Crippen LogP contribution >= 0.6 is 0 Å². The van der Waals surface area contributed by atoms with Gasteiger partial charge in [0, 0.05) is 18.0 Å². The molecule has 1 aromatic carbocycles. The summed E-state index contributed by atoms with van der Waals surface area (Å²) < 4.78 is 23.1. The van der Waals surface area contributed by atoms with Crippen molar-refractivity contribution in [1.82, 2.24) is 0 Å². The van der Waals surface area contributed by atoms with Gasteiger partial charge in [0.25, 0.3) is 0 Å². The predicted molar refractivity (Wildman–Crippen MR) is 66.7 cm³/mol. The van der Waals surface area contributed by atoms with E-state index in [0.717, 1.165) is 5.56 Å². The van der Waals surface area contributed by atoms with Crippen LogP contribution in [-0.2, 0) is 9.84 Å². The second kappa shape index (κ2) is 4.84. The van der Waals surface area contributed by atoms with Crippen LogP contribution in [0.5, 0.6) is 0 Å². The van der Waals surface area contributed by atoms with Gasteiger partial charge in [-0.1, -0.05) is 19.1 Å². The van der Waals surface area contributed by atoms with Gasteiger partial charge in [-0.2, -0.15) is 0 Å². The number of nitrogens with two attached hydrogens (primary N) is 2. The third-order valence-corrected chi connectivity index (χ3v) is 4.40. The van der Waals surface area contributed by atoms with Gasteiger partial charge in [0.05, 0.1) is 5.25 Å². The van der Waals surface area contributed by atoms with Crippen LogP contribution in [-0.4, -0.2) is 19.9 Å². The standard InChI is InChI=1S/C11H18N2O2S/c1-3-10(16(2,14)15)11(13)8-4-6-9(12)7-5-8/h4-7,10-11H,3,12-13H2,1-2H3/t10-,11-/m0/s1. The third-order valence-electron chi connectivity index (χ3n) is 2.67. The molecule has 0 bridgehead atoms. The maximum atomic E-state index is 11.5. The molecule has 0 amide bonds. The summed E-state index contributed by atoms with van der Waals surface area (Å²) in [5.74, 6) is 0. The van der Waals surface area contributed by atoms with E-state index in [1.54, 1.807) is 24.3 Å². The Morgan fingerprint density at radius 3 is 2.12 bits per heavy atom. The van der Waals surface area contributed by atoms with E-state index >= 15 is 0 Å². The Hall–Kier alpha value is -1.07. The highest BCUT2D eigenvalue weighted by atomic mass is 32.2. The largest absolute Gasteiger partial charge is 0.399 e. The van der Waals surface area contributed by atoms with Crippen molar-refractivity contribution >= 4 is 15.5 Å². The Morgan fingerprint density at radius 1 is 1.25 bits per heavy atom. The highest BCUT2D eigenvalue weighted by Crippen LogP contribution is 2.22. The minimum absolute atomic E-state index is 0.499. The first-order valence-corrected chi connectivity index (χ1v) is 7.11. The molecular formula is C11H18N2O2S. The normalized spacial score (nSPS) is 15.7. The van der Waals surface area contributed by atoms with Gasteiger partial charge in [0.15, 0.2) is 9.84 Å². The molecule has 0 radical (unpaired) electrons. The van der Waals surface area contributed by atoms with Crippen molar-refractivity contribution in [2.75, 3.05) is 12.0 Å². The summed E-state index contributed by atoms with van der Waals surface area (Å²) in [5.41, 5.74) is 13.0. The number of nitrogen functional groups attached to an aromatic ring is 1. The SMILES string of the molecule is CC[C@@H]([C@@H](N)c1ccc(N)cc1)S(C)(=O)=O. The lowest BCUT2D eigenvalue weighted by molar-refractivity contribution is 0.553. The van der Waals surface area contributed by atoms with E-state index in [2.05, 4.69) is 0 Å².